The lowest BCUT2D eigenvalue weighted by molar-refractivity contribution is -0.138. The number of carbonyl (C=O) groups is 2. The molecule has 0 spiro atoms. The molecule has 1 atom stereocenters. The molecule has 1 aromatic carbocycles. The van der Waals surface area contributed by atoms with E-state index in [-0.39, 0.29) is 12.2 Å². The second-order valence-electron chi connectivity index (χ2n) is 4.41. The second-order valence-corrected chi connectivity index (χ2v) is 4.41. The first kappa shape index (κ1) is 11.8. The molecule has 0 saturated carbocycles. The van der Waals surface area contributed by atoms with Crippen molar-refractivity contribution in [1.82, 2.24) is 0 Å². The molecular formula is C13H15NO3. The Hall–Kier alpha value is -1.68. The Morgan fingerprint density at radius 1 is 1.29 bits per heavy atom. The van der Waals surface area contributed by atoms with Crippen LogP contribution in [0.2, 0.25) is 0 Å². The molecule has 0 radical (unpaired) electrons. The monoisotopic (exact) mass is 233 g/mol. The van der Waals surface area contributed by atoms with Crippen LogP contribution >= 0.6 is 0 Å². The molecule has 17 heavy (non-hydrogen) atoms. The lowest BCUT2D eigenvalue weighted by Crippen LogP contribution is -2.32. The van der Waals surface area contributed by atoms with Gasteiger partial charge >= 0.3 is 5.97 Å². The fourth-order valence-corrected chi connectivity index (χ4v) is 2.15. The highest BCUT2D eigenvalue weighted by Crippen LogP contribution is 2.23. The summed E-state index contributed by atoms with van der Waals surface area (Å²) in [5.41, 5.74) is 8.42. The van der Waals surface area contributed by atoms with Gasteiger partial charge in [0, 0.05) is 12.0 Å². The Kier molecular flexibility index (Phi) is 3.24. The van der Waals surface area contributed by atoms with Crippen LogP contribution in [-0.4, -0.2) is 22.9 Å². The van der Waals surface area contributed by atoms with Crippen molar-refractivity contribution >= 4 is 11.8 Å². The number of fused-ring (bicyclic) bond motifs is 1. The van der Waals surface area contributed by atoms with E-state index in [0.29, 0.717) is 5.56 Å². The van der Waals surface area contributed by atoms with E-state index in [9.17, 15) is 9.59 Å². The van der Waals surface area contributed by atoms with E-state index in [4.69, 9.17) is 10.8 Å². The van der Waals surface area contributed by atoms with Gasteiger partial charge in [-0.15, -0.1) is 0 Å². The third-order valence-corrected chi connectivity index (χ3v) is 3.14. The molecule has 4 heteroatoms. The number of ketones is 1. The highest BCUT2D eigenvalue weighted by Gasteiger charge is 2.19. The molecule has 0 saturated heterocycles. The Morgan fingerprint density at radius 3 is 2.71 bits per heavy atom. The lowest BCUT2D eigenvalue weighted by atomic mass is 10.00. The Balaban J connectivity index is 2.12. The van der Waals surface area contributed by atoms with Crippen LogP contribution in [0.5, 0.6) is 0 Å². The van der Waals surface area contributed by atoms with Crippen molar-refractivity contribution in [2.75, 3.05) is 0 Å². The van der Waals surface area contributed by atoms with Crippen molar-refractivity contribution < 1.29 is 14.7 Å². The predicted molar refractivity (Wildman–Crippen MR) is 63.0 cm³/mol. The van der Waals surface area contributed by atoms with Gasteiger partial charge in [-0.25, -0.2) is 0 Å². The summed E-state index contributed by atoms with van der Waals surface area (Å²) in [5, 5.41) is 8.66. The van der Waals surface area contributed by atoms with E-state index in [1.165, 1.54) is 11.1 Å². The predicted octanol–water partition coefficient (Wildman–Crippen LogP) is 1.16. The van der Waals surface area contributed by atoms with Crippen LogP contribution < -0.4 is 5.73 Å². The minimum atomic E-state index is -1.14. The minimum Gasteiger partial charge on any atom is -0.480 e. The number of carbonyl (C=O) groups excluding carboxylic acids is 1. The molecule has 1 aliphatic rings. The third-order valence-electron chi connectivity index (χ3n) is 3.14. The molecule has 0 heterocycles. The van der Waals surface area contributed by atoms with E-state index in [2.05, 4.69) is 0 Å². The molecule has 90 valence electrons. The number of carboxylic acids is 1. The van der Waals surface area contributed by atoms with Crippen molar-refractivity contribution in [3.63, 3.8) is 0 Å². The number of rotatable bonds is 4. The molecule has 0 amide bonds. The van der Waals surface area contributed by atoms with Crippen LogP contribution in [-0.2, 0) is 17.6 Å². The summed E-state index contributed by atoms with van der Waals surface area (Å²) in [4.78, 5) is 22.4. The zero-order chi connectivity index (χ0) is 12.4. The van der Waals surface area contributed by atoms with Crippen molar-refractivity contribution in [1.29, 1.82) is 0 Å². The van der Waals surface area contributed by atoms with Crippen molar-refractivity contribution in [2.45, 2.75) is 31.7 Å². The number of aliphatic carboxylic acids is 1. The number of aryl methyl sites for hydroxylation is 2. The van der Waals surface area contributed by atoms with Crippen LogP contribution in [0, 0.1) is 0 Å². The summed E-state index contributed by atoms with van der Waals surface area (Å²) in [5.74, 6) is -1.34. The quantitative estimate of drug-likeness (QED) is 0.765. The normalized spacial score (nSPS) is 15.4. The molecular weight excluding hydrogens is 218 g/mol. The van der Waals surface area contributed by atoms with Gasteiger partial charge in [0.2, 0.25) is 0 Å². The number of carboxylic acid groups (broad SMARTS) is 1. The molecule has 1 aliphatic carbocycles. The fourth-order valence-electron chi connectivity index (χ4n) is 2.15. The van der Waals surface area contributed by atoms with Gasteiger partial charge in [-0.1, -0.05) is 12.1 Å². The molecule has 2 rings (SSSR count). The first-order valence-corrected chi connectivity index (χ1v) is 5.71. The van der Waals surface area contributed by atoms with E-state index < -0.39 is 12.0 Å². The van der Waals surface area contributed by atoms with Crippen LogP contribution in [0.15, 0.2) is 18.2 Å². The van der Waals surface area contributed by atoms with Gasteiger partial charge in [0.25, 0.3) is 0 Å². The van der Waals surface area contributed by atoms with Crippen LogP contribution in [0.25, 0.3) is 0 Å². The Bertz CT molecular complexity index is 468. The second kappa shape index (κ2) is 4.67. The maximum Gasteiger partial charge on any atom is 0.320 e. The fraction of sp³-hybridized carbons (Fsp3) is 0.385. The zero-order valence-electron chi connectivity index (χ0n) is 9.48. The van der Waals surface area contributed by atoms with Crippen molar-refractivity contribution in [3.05, 3.63) is 34.9 Å². The average Bonchev–Trinajstić information content (AvgIpc) is 2.75. The summed E-state index contributed by atoms with van der Waals surface area (Å²) >= 11 is 0. The number of Topliss-reactive ketones (excluding diaryl/α,β-unsaturated/α-hetero) is 1. The first-order chi connectivity index (χ1) is 8.08. The van der Waals surface area contributed by atoms with Gasteiger partial charge in [-0.05, 0) is 36.5 Å². The van der Waals surface area contributed by atoms with E-state index in [1.807, 2.05) is 12.1 Å². The van der Waals surface area contributed by atoms with E-state index >= 15 is 0 Å². The van der Waals surface area contributed by atoms with E-state index in [0.717, 1.165) is 19.3 Å². The summed E-state index contributed by atoms with van der Waals surface area (Å²) in [6, 6.07) is 4.48. The highest BCUT2D eigenvalue weighted by atomic mass is 16.4. The molecule has 0 bridgehead atoms. The SMILES string of the molecule is N[C@@H](CC(=O)c1ccc2c(c1)CCC2)C(=O)O. The molecule has 0 unspecified atom stereocenters. The minimum absolute atomic E-state index is 0.145. The lowest BCUT2D eigenvalue weighted by Gasteiger charge is -2.07. The smallest absolute Gasteiger partial charge is 0.320 e. The van der Waals surface area contributed by atoms with Crippen molar-refractivity contribution in [2.24, 2.45) is 5.73 Å². The van der Waals surface area contributed by atoms with Gasteiger partial charge in [0.1, 0.15) is 6.04 Å². The largest absolute Gasteiger partial charge is 0.480 e. The summed E-state index contributed by atoms with van der Waals surface area (Å²) < 4.78 is 0. The highest BCUT2D eigenvalue weighted by molar-refractivity contribution is 5.98. The standard InChI is InChI=1S/C13H15NO3/c14-11(13(16)17)7-12(15)10-5-4-8-2-1-3-9(8)6-10/h4-6,11H,1-3,7,14H2,(H,16,17)/t11-/m0/s1. The van der Waals surface area contributed by atoms with Crippen LogP contribution in [0.3, 0.4) is 0 Å². The average molecular weight is 233 g/mol. The van der Waals surface area contributed by atoms with Gasteiger partial charge in [-0.3, -0.25) is 9.59 Å². The maximum absolute atomic E-state index is 11.8. The van der Waals surface area contributed by atoms with Crippen molar-refractivity contribution in [3.8, 4) is 0 Å². The summed E-state index contributed by atoms with van der Waals surface area (Å²) in [7, 11) is 0. The molecule has 3 N–H and O–H groups in total. The molecule has 4 nitrogen and oxygen atoms in total. The number of hydrogen-bond donors (Lipinski definition) is 2. The maximum atomic E-state index is 11.8. The summed E-state index contributed by atoms with van der Waals surface area (Å²) in [6.07, 6.45) is 3.05. The van der Waals surface area contributed by atoms with Gasteiger partial charge in [-0.2, -0.15) is 0 Å². The van der Waals surface area contributed by atoms with Gasteiger partial charge in [0.05, 0.1) is 0 Å². The molecule has 0 aliphatic heterocycles. The van der Waals surface area contributed by atoms with Gasteiger partial charge < -0.3 is 10.8 Å². The Labute approximate surface area is 99.4 Å². The molecule has 0 fully saturated rings. The Morgan fingerprint density at radius 2 is 2.00 bits per heavy atom. The molecule has 0 aromatic heterocycles. The number of hydrogen-bond acceptors (Lipinski definition) is 3. The first-order valence-electron chi connectivity index (χ1n) is 5.71. The summed E-state index contributed by atoms with van der Waals surface area (Å²) in [6.45, 7) is 0. The van der Waals surface area contributed by atoms with Gasteiger partial charge in [0.15, 0.2) is 5.78 Å². The van der Waals surface area contributed by atoms with Crippen LogP contribution in [0.1, 0.15) is 34.3 Å². The zero-order valence-corrected chi connectivity index (χ0v) is 9.48. The topological polar surface area (TPSA) is 80.4 Å². The number of nitrogens with two attached hydrogens (primary N) is 1. The van der Waals surface area contributed by atoms with Crippen LogP contribution in [0.4, 0.5) is 0 Å². The van der Waals surface area contributed by atoms with E-state index in [1.54, 1.807) is 6.07 Å². The third kappa shape index (κ3) is 2.53. The number of benzene rings is 1. The molecule has 1 aromatic rings.